The fourth-order valence-electron chi connectivity index (χ4n) is 1.57. The van der Waals surface area contributed by atoms with Crippen LogP contribution in [0.2, 0.25) is 0 Å². The molecule has 0 atom stereocenters. The Hall–Kier alpha value is -0.350. The Morgan fingerprint density at radius 2 is 2.15 bits per heavy atom. The van der Waals surface area contributed by atoms with Gasteiger partial charge in [0.25, 0.3) is 0 Å². The van der Waals surface area contributed by atoms with Gasteiger partial charge in [-0.2, -0.15) is 0 Å². The van der Waals surface area contributed by atoms with Crippen molar-refractivity contribution in [2.45, 2.75) is 16.6 Å². The molecule has 0 amide bonds. The van der Waals surface area contributed by atoms with Crippen molar-refractivity contribution in [2.75, 3.05) is 5.75 Å². The molecule has 1 aliphatic heterocycles. The van der Waals surface area contributed by atoms with E-state index in [-0.39, 0.29) is 5.75 Å². The Balaban J connectivity index is 2.59. The van der Waals surface area contributed by atoms with Gasteiger partial charge in [-0.3, -0.25) is 0 Å². The van der Waals surface area contributed by atoms with E-state index in [0.29, 0.717) is 11.3 Å². The molecule has 2 nitrogen and oxygen atoms in total. The summed E-state index contributed by atoms with van der Waals surface area (Å²) in [5, 5.41) is 0.778. The van der Waals surface area contributed by atoms with Gasteiger partial charge in [0.2, 0.25) is 0 Å². The van der Waals surface area contributed by atoms with E-state index < -0.39 is 9.84 Å². The van der Waals surface area contributed by atoms with Crippen LogP contribution in [-0.4, -0.2) is 14.2 Å². The lowest BCUT2D eigenvalue weighted by molar-refractivity contribution is 0.600. The number of sulfone groups is 1. The summed E-state index contributed by atoms with van der Waals surface area (Å²) in [7, 11) is -2.95. The maximum Gasteiger partial charge on any atom is 0.178 e. The van der Waals surface area contributed by atoms with Crippen molar-refractivity contribution in [1.29, 1.82) is 0 Å². The predicted molar refractivity (Wildman–Crippen MR) is 54.8 cm³/mol. The van der Waals surface area contributed by atoms with E-state index in [1.165, 1.54) is 0 Å². The maximum absolute atomic E-state index is 11.4. The standard InChI is InChI=1S/C9H9BrO2S/c10-6-7-1-2-9-8(5-7)3-4-13(9,11)12/h1-2,5H,3-4,6H2. The van der Waals surface area contributed by atoms with E-state index in [0.717, 1.165) is 16.5 Å². The molecule has 0 N–H and O–H groups in total. The maximum atomic E-state index is 11.4. The van der Waals surface area contributed by atoms with Crippen molar-refractivity contribution < 1.29 is 8.42 Å². The number of rotatable bonds is 1. The average Bonchev–Trinajstić information content (AvgIpc) is 2.42. The van der Waals surface area contributed by atoms with Gasteiger partial charge in [-0.15, -0.1) is 0 Å². The quantitative estimate of drug-likeness (QED) is 0.724. The van der Waals surface area contributed by atoms with E-state index in [9.17, 15) is 8.42 Å². The van der Waals surface area contributed by atoms with Crippen molar-refractivity contribution in [2.24, 2.45) is 0 Å². The first-order chi connectivity index (χ1) is 6.13. The fourth-order valence-corrected chi connectivity index (χ4v) is 3.46. The van der Waals surface area contributed by atoms with Gasteiger partial charge in [0.05, 0.1) is 10.6 Å². The molecule has 0 unspecified atom stereocenters. The highest BCUT2D eigenvalue weighted by Crippen LogP contribution is 2.27. The van der Waals surface area contributed by atoms with Crippen LogP contribution >= 0.6 is 15.9 Å². The van der Waals surface area contributed by atoms with E-state index >= 15 is 0 Å². The number of aryl methyl sites for hydroxylation is 1. The van der Waals surface area contributed by atoms with Crippen molar-refractivity contribution in [3.63, 3.8) is 0 Å². The van der Waals surface area contributed by atoms with Crippen LogP contribution in [-0.2, 0) is 21.6 Å². The molecule has 0 radical (unpaired) electrons. The first-order valence-electron chi connectivity index (χ1n) is 4.04. The Labute approximate surface area is 86.0 Å². The van der Waals surface area contributed by atoms with Crippen molar-refractivity contribution in [3.8, 4) is 0 Å². The predicted octanol–water partition coefficient (Wildman–Crippen LogP) is 1.91. The summed E-state index contributed by atoms with van der Waals surface area (Å²) in [6.45, 7) is 0. The zero-order valence-corrected chi connectivity index (χ0v) is 9.36. The molecule has 70 valence electrons. The number of alkyl halides is 1. The first-order valence-corrected chi connectivity index (χ1v) is 6.81. The van der Waals surface area contributed by atoms with Gasteiger partial charge < -0.3 is 0 Å². The van der Waals surface area contributed by atoms with Crippen LogP contribution in [0.3, 0.4) is 0 Å². The normalized spacial score (nSPS) is 18.5. The minimum Gasteiger partial charge on any atom is -0.224 e. The van der Waals surface area contributed by atoms with Gasteiger partial charge in [-0.1, -0.05) is 28.1 Å². The Kier molecular flexibility index (Phi) is 2.20. The molecule has 0 spiro atoms. The number of fused-ring (bicyclic) bond motifs is 1. The van der Waals surface area contributed by atoms with Crippen LogP contribution in [0.4, 0.5) is 0 Å². The van der Waals surface area contributed by atoms with Gasteiger partial charge in [0.1, 0.15) is 0 Å². The van der Waals surface area contributed by atoms with E-state index in [1.807, 2.05) is 12.1 Å². The van der Waals surface area contributed by atoms with Crippen LogP contribution in [0.15, 0.2) is 23.1 Å². The molecule has 0 saturated carbocycles. The van der Waals surface area contributed by atoms with Gasteiger partial charge in [-0.25, -0.2) is 8.42 Å². The largest absolute Gasteiger partial charge is 0.224 e. The third-order valence-corrected chi connectivity index (χ3v) is 4.71. The monoisotopic (exact) mass is 260 g/mol. The van der Waals surface area contributed by atoms with Crippen LogP contribution in [0.25, 0.3) is 0 Å². The molecule has 1 aliphatic rings. The van der Waals surface area contributed by atoms with Crippen LogP contribution < -0.4 is 0 Å². The highest BCUT2D eigenvalue weighted by atomic mass is 79.9. The summed E-state index contributed by atoms with van der Waals surface area (Å²) in [5.74, 6) is 0.272. The summed E-state index contributed by atoms with van der Waals surface area (Å²) < 4.78 is 22.9. The topological polar surface area (TPSA) is 34.1 Å². The minimum absolute atomic E-state index is 0.272. The highest BCUT2D eigenvalue weighted by molar-refractivity contribution is 9.08. The molecule has 2 rings (SSSR count). The van der Waals surface area contributed by atoms with Crippen LogP contribution in [0.5, 0.6) is 0 Å². The van der Waals surface area contributed by atoms with Crippen molar-refractivity contribution >= 4 is 25.8 Å². The zero-order chi connectivity index (χ0) is 9.47. The molecule has 1 aromatic carbocycles. The molecule has 0 aliphatic carbocycles. The molecule has 1 aromatic rings. The molecular formula is C9H9BrO2S. The van der Waals surface area contributed by atoms with Crippen molar-refractivity contribution in [1.82, 2.24) is 0 Å². The second-order valence-electron chi connectivity index (χ2n) is 3.14. The number of benzene rings is 1. The number of hydrogen-bond acceptors (Lipinski definition) is 2. The third kappa shape index (κ3) is 1.53. The lowest BCUT2D eigenvalue weighted by atomic mass is 10.1. The summed E-state index contributed by atoms with van der Waals surface area (Å²) in [6, 6.07) is 5.54. The molecule has 4 heteroatoms. The average molecular weight is 261 g/mol. The Morgan fingerprint density at radius 3 is 2.85 bits per heavy atom. The first kappa shape index (κ1) is 9.21. The fraction of sp³-hybridized carbons (Fsp3) is 0.333. The van der Waals surface area contributed by atoms with E-state index in [4.69, 9.17) is 0 Å². The number of hydrogen-bond donors (Lipinski definition) is 0. The van der Waals surface area contributed by atoms with Crippen LogP contribution in [0, 0.1) is 0 Å². The Morgan fingerprint density at radius 1 is 1.38 bits per heavy atom. The molecule has 13 heavy (non-hydrogen) atoms. The van der Waals surface area contributed by atoms with Gasteiger partial charge in [0.15, 0.2) is 9.84 Å². The third-order valence-electron chi connectivity index (χ3n) is 2.25. The molecule has 0 bridgehead atoms. The molecule has 0 saturated heterocycles. The SMILES string of the molecule is O=S1(=O)CCc2cc(CBr)ccc21. The van der Waals surface area contributed by atoms with E-state index in [2.05, 4.69) is 15.9 Å². The highest BCUT2D eigenvalue weighted by Gasteiger charge is 2.25. The lowest BCUT2D eigenvalue weighted by Crippen LogP contribution is -1.98. The Bertz CT molecular complexity index is 437. The molecular weight excluding hydrogens is 252 g/mol. The van der Waals surface area contributed by atoms with E-state index in [1.54, 1.807) is 6.07 Å². The summed E-state index contributed by atoms with van der Waals surface area (Å²) in [6.07, 6.45) is 0.665. The minimum atomic E-state index is -2.95. The molecule has 1 heterocycles. The summed E-state index contributed by atoms with van der Waals surface area (Å²) in [4.78, 5) is 0.525. The summed E-state index contributed by atoms with van der Waals surface area (Å²) in [5.41, 5.74) is 2.10. The number of halogens is 1. The summed E-state index contributed by atoms with van der Waals surface area (Å²) >= 11 is 3.34. The molecule has 0 aromatic heterocycles. The van der Waals surface area contributed by atoms with Crippen molar-refractivity contribution in [3.05, 3.63) is 29.3 Å². The smallest absolute Gasteiger partial charge is 0.178 e. The second-order valence-corrected chi connectivity index (χ2v) is 5.78. The van der Waals surface area contributed by atoms with Crippen LogP contribution in [0.1, 0.15) is 11.1 Å². The lowest BCUT2D eigenvalue weighted by Gasteiger charge is -1.99. The molecule has 0 fully saturated rings. The van der Waals surface area contributed by atoms with Gasteiger partial charge in [0, 0.05) is 5.33 Å². The second kappa shape index (κ2) is 3.10. The van der Waals surface area contributed by atoms with Gasteiger partial charge >= 0.3 is 0 Å². The van der Waals surface area contributed by atoms with Gasteiger partial charge in [-0.05, 0) is 23.6 Å². The zero-order valence-electron chi connectivity index (χ0n) is 6.96.